The predicted octanol–water partition coefficient (Wildman–Crippen LogP) is 4.05. The van der Waals surface area contributed by atoms with Gasteiger partial charge in [0, 0.05) is 63.3 Å². The normalized spacial score (nSPS) is 27.1. The molecule has 41 heavy (non-hydrogen) atoms. The summed E-state index contributed by atoms with van der Waals surface area (Å²) in [5, 5.41) is 3.24. The number of hydrogen-bond acceptors (Lipinski definition) is 9. The second-order valence-electron chi connectivity index (χ2n) is 12.0. The van der Waals surface area contributed by atoms with Gasteiger partial charge in [-0.2, -0.15) is 0 Å². The lowest BCUT2D eigenvalue weighted by Crippen LogP contribution is -2.53. The van der Waals surface area contributed by atoms with Crippen LogP contribution in [-0.4, -0.2) is 116 Å². The number of nitrogens with one attached hydrogen (secondary N) is 1. The summed E-state index contributed by atoms with van der Waals surface area (Å²) in [6.45, 7) is 14.4. The van der Waals surface area contributed by atoms with Gasteiger partial charge in [-0.25, -0.2) is 4.98 Å². The summed E-state index contributed by atoms with van der Waals surface area (Å²) in [7, 11) is 3.68. The maximum absolute atomic E-state index is 13.1. The molecule has 0 radical (unpaired) electrons. The molecule has 224 valence electrons. The molecule has 1 saturated carbocycles. The third-order valence-corrected chi connectivity index (χ3v) is 10.7. The average Bonchev–Trinajstić information content (AvgIpc) is 3.66. The summed E-state index contributed by atoms with van der Waals surface area (Å²) in [6, 6.07) is 4.97. The van der Waals surface area contributed by atoms with Crippen molar-refractivity contribution in [3.63, 3.8) is 0 Å². The molecule has 4 fully saturated rings. The van der Waals surface area contributed by atoms with Gasteiger partial charge in [-0.15, -0.1) is 11.8 Å². The number of aromatic nitrogens is 1. The van der Waals surface area contributed by atoms with Crippen LogP contribution in [-0.2, 0) is 4.79 Å². The number of carbonyl (C=O) groups is 1. The number of hydrogen-bond donors (Lipinski definition) is 1. The van der Waals surface area contributed by atoms with E-state index in [4.69, 9.17) is 9.98 Å². The minimum atomic E-state index is -0.151. The van der Waals surface area contributed by atoms with Crippen molar-refractivity contribution in [2.24, 2.45) is 21.8 Å². The Bertz CT molecular complexity index is 1080. The van der Waals surface area contributed by atoms with Gasteiger partial charge < -0.3 is 20.0 Å². The van der Waals surface area contributed by atoms with Gasteiger partial charge in [0.2, 0.25) is 5.91 Å². The Morgan fingerprint density at radius 2 is 1.85 bits per heavy atom. The quantitative estimate of drug-likeness (QED) is 0.442. The van der Waals surface area contributed by atoms with Crippen LogP contribution in [0.2, 0.25) is 0 Å². The molecule has 1 aromatic heterocycles. The van der Waals surface area contributed by atoms with Crippen LogP contribution in [0.25, 0.3) is 0 Å². The Hall–Kier alpha value is -2.43. The molecular weight excluding hydrogens is 532 g/mol. The van der Waals surface area contributed by atoms with E-state index in [1.807, 2.05) is 20.3 Å². The molecule has 5 rings (SSSR count). The molecule has 2 unspecified atom stereocenters. The molecule has 3 aliphatic heterocycles. The molecule has 1 N–H and O–H groups in total. The van der Waals surface area contributed by atoms with E-state index in [0.717, 1.165) is 61.5 Å². The Labute approximate surface area is 250 Å². The van der Waals surface area contributed by atoms with Crippen LogP contribution < -0.4 is 10.2 Å². The molecule has 1 aromatic rings. The Balaban J connectivity index is 1.18. The van der Waals surface area contributed by atoms with Gasteiger partial charge in [-0.1, -0.05) is 19.8 Å². The van der Waals surface area contributed by atoms with Gasteiger partial charge in [0.05, 0.1) is 22.8 Å². The molecule has 3 saturated heterocycles. The molecule has 0 spiro atoms. The van der Waals surface area contributed by atoms with Gasteiger partial charge in [-0.05, 0) is 70.1 Å². The fourth-order valence-corrected chi connectivity index (χ4v) is 8.56. The molecule has 1 amide bonds. The third-order valence-electron chi connectivity index (χ3n) is 9.41. The highest BCUT2D eigenvalue weighted by Crippen LogP contribution is 2.48. The predicted molar refractivity (Wildman–Crippen MR) is 172 cm³/mol. The maximum Gasteiger partial charge on any atom is 0.236 e. The van der Waals surface area contributed by atoms with Crippen molar-refractivity contribution in [2.45, 2.75) is 56.7 Å². The first-order chi connectivity index (χ1) is 20.0. The molecule has 0 aromatic carbocycles. The van der Waals surface area contributed by atoms with E-state index in [2.05, 4.69) is 50.8 Å². The number of piperidine rings is 1. The number of amides is 1. The lowest BCUT2D eigenvalue weighted by atomic mass is 9.83. The zero-order valence-electron chi connectivity index (χ0n) is 25.2. The highest BCUT2D eigenvalue weighted by Gasteiger charge is 2.46. The van der Waals surface area contributed by atoms with Gasteiger partial charge >= 0.3 is 0 Å². The minimum absolute atomic E-state index is 0.111. The number of allylic oxidation sites excluding steroid dienone is 1. The number of pyridine rings is 1. The van der Waals surface area contributed by atoms with E-state index in [1.54, 1.807) is 22.9 Å². The Morgan fingerprint density at radius 3 is 2.46 bits per heavy atom. The fraction of sp³-hybridized carbons (Fsp3) is 0.677. The van der Waals surface area contributed by atoms with Crippen LogP contribution in [0.1, 0.15) is 45.4 Å². The summed E-state index contributed by atoms with van der Waals surface area (Å²) in [5.41, 5.74) is 2.18. The maximum atomic E-state index is 13.1. The number of piperazine rings is 1. The highest BCUT2D eigenvalue weighted by molar-refractivity contribution is 8.05. The summed E-state index contributed by atoms with van der Waals surface area (Å²) in [6.07, 6.45) is 11.1. The van der Waals surface area contributed by atoms with Crippen LogP contribution in [0.3, 0.4) is 0 Å². The van der Waals surface area contributed by atoms with Crippen LogP contribution in [0.15, 0.2) is 39.4 Å². The molecule has 4 aliphatic rings. The largest absolute Gasteiger partial charge is 0.368 e. The van der Waals surface area contributed by atoms with Gasteiger partial charge in [0.15, 0.2) is 0 Å². The first-order valence-corrected chi connectivity index (χ1v) is 16.4. The number of carbonyl (C=O) groups excluding carboxylic acids is 1. The van der Waals surface area contributed by atoms with Crippen LogP contribution >= 0.6 is 11.8 Å². The van der Waals surface area contributed by atoms with Crippen LogP contribution in [0, 0.1) is 11.8 Å². The van der Waals surface area contributed by atoms with Crippen molar-refractivity contribution < 1.29 is 4.79 Å². The second kappa shape index (κ2) is 14.2. The number of likely N-dealkylation sites (tertiary alicyclic amines) is 1. The smallest absolute Gasteiger partial charge is 0.236 e. The zero-order chi connectivity index (χ0) is 28.8. The number of aliphatic imine (C=N–C) groups is 2. The highest BCUT2D eigenvalue weighted by atomic mass is 32.2. The van der Waals surface area contributed by atoms with E-state index < -0.39 is 0 Å². The van der Waals surface area contributed by atoms with E-state index >= 15 is 0 Å². The van der Waals surface area contributed by atoms with Crippen molar-refractivity contribution in [1.29, 1.82) is 0 Å². The number of rotatable bonds is 9. The molecular formula is C31H48N8OS. The molecule has 10 heteroatoms. The lowest BCUT2D eigenvalue weighted by molar-refractivity contribution is -0.128. The number of thioether (sulfide) groups is 1. The zero-order valence-corrected chi connectivity index (χ0v) is 26.0. The topological polar surface area (TPSA) is 79.7 Å². The minimum Gasteiger partial charge on any atom is -0.368 e. The van der Waals surface area contributed by atoms with Crippen molar-refractivity contribution in [2.75, 3.05) is 76.8 Å². The van der Waals surface area contributed by atoms with Crippen LogP contribution in [0.4, 0.5) is 11.5 Å². The molecule has 4 heterocycles. The molecule has 1 aliphatic carbocycles. The monoisotopic (exact) mass is 580 g/mol. The van der Waals surface area contributed by atoms with Crippen molar-refractivity contribution in [3.8, 4) is 0 Å². The van der Waals surface area contributed by atoms with Crippen molar-refractivity contribution in [1.82, 2.24) is 19.7 Å². The standard InChI is InChI=1S/C31H48N8OS/c1-5-37-14-12-24(13-15-37)38-16-18-39(19-17-38)25-10-11-27(33-20-25)34-22-35-29-26(21-32-2)41-30(31(40)36(3)4)28(29)23-8-6-7-9-23/h10-11,20-21,23-24,28,30H,2,5-9,12-19,22H2,1,3-4H3,(H,33,34)/b26-21+,35-29+. The fourth-order valence-electron chi connectivity index (χ4n) is 7.02. The van der Waals surface area contributed by atoms with Gasteiger partial charge in [0.1, 0.15) is 12.5 Å². The van der Waals surface area contributed by atoms with Gasteiger partial charge in [0.25, 0.3) is 0 Å². The van der Waals surface area contributed by atoms with E-state index in [1.165, 1.54) is 51.0 Å². The first kappa shape index (κ1) is 30.0. The lowest BCUT2D eigenvalue weighted by Gasteiger charge is -2.43. The van der Waals surface area contributed by atoms with Crippen LogP contribution in [0.5, 0.6) is 0 Å². The molecule has 0 bridgehead atoms. The third kappa shape index (κ3) is 7.14. The number of nitrogens with zero attached hydrogens (tertiary/aromatic N) is 7. The summed E-state index contributed by atoms with van der Waals surface area (Å²) >= 11 is 1.60. The first-order valence-electron chi connectivity index (χ1n) is 15.5. The summed E-state index contributed by atoms with van der Waals surface area (Å²) < 4.78 is 0. The van der Waals surface area contributed by atoms with E-state index in [-0.39, 0.29) is 17.1 Å². The Morgan fingerprint density at radius 1 is 1.12 bits per heavy atom. The Kier molecular flexibility index (Phi) is 10.4. The van der Waals surface area contributed by atoms with Gasteiger partial charge in [-0.3, -0.25) is 19.7 Å². The van der Waals surface area contributed by atoms with Crippen molar-refractivity contribution >= 4 is 41.6 Å². The number of anilines is 2. The SMILES string of the molecule is C=N/C=C1/SC(C(=O)N(C)C)C(C2CCCC2)/C1=N/CNc1ccc(N2CCN(C3CCN(CC)CC3)CC2)cn1. The summed E-state index contributed by atoms with van der Waals surface area (Å²) in [5.74, 6) is 1.56. The molecule has 9 nitrogen and oxygen atoms in total. The van der Waals surface area contributed by atoms with Crippen molar-refractivity contribution in [3.05, 3.63) is 29.4 Å². The summed E-state index contributed by atoms with van der Waals surface area (Å²) in [4.78, 5) is 37.3. The average molecular weight is 581 g/mol. The second-order valence-corrected chi connectivity index (χ2v) is 13.2. The van der Waals surface area contributed by atoms with E-state index in [0.29, 0.717) is 12.6 Å². The molecule has 2 atom stereocenters. The van der Waals surface area contributed by atoms with E-state index in [9.17, 15) is 4.79 Å².